The van der Waals surface area contributed by atoms with E-state index in [2.05, 4.69) is 15.4 Å². The van der Waals surface area contributed by atoms with Crippen molar-refractivity contribution in [1.82, 2.24) is 14.8 Å². The summed E-state index contributed by atoms with van der Waals surface area (Å²) in [6.07, 6.45) is 0.862. The zero-order valence-electron chi connectivity index (χ0n) is 16.5. The highest BCUT2D eigenvalue weighted by Crippen LogP contribution is 2.52. The molecule has 158 valence electrons. The largest absolute Gasteiger partial charge is 0.480 e. The van der Waals surface area contributed by atoms with Crippen molar-refractivity contribution in [2.24, 2.45) is 0 Å². The van der Waals surface area contributed by atoms with Gasteiger partial charge in [0.1, 0.15) is 23.9 Å². The first-order valence-corrected chi connectivity index (χ1v) is 10.7. The van der Waals surface area contributed by atoms with Gasteiger partial charge in [0.05, 0.1) is 5.70 Å². The van der Waals surface area contributed by atoms with Crippen molar-refractivity contribution >= 4 is 34.8 Å². The van der Waals surface area contributed by atoms with Crippen LogP contribution in [0.5, 0.6) is 5.75 Å². The fourth-order valence-corrected chi connectivity index (χ4v) is 4.79. The van der Waals surface area contributed by atoms with Crippen molar-refractivity contribution in [3.05, 3.63) is 111 Å². The Balaban J connectivity index is 1.68. The lowest BCUT2D eigenvalue weighted by atomic mass is 9.84. The third-order valence-corrected chi connectivity index (χ3v) is 6.34. The molecule has 8 heteroatoms. The molecule has 2 aliphatic rings. The van der Waals surface area contributed by atoms with Crippen LogP contribution in [0.25, 0.3) is 5.70 Å². The normalized spacial score (nSPS) is 18.8. The van der Waals surface area contributed by atoms with E-state index in [1.165, 1.54) is 12.4 Å². The molecule has 0 fully saturated rings. The van der Waals surface area contributed by atoms with Crippen molar-refractivity contribution in [3.8, 4) is 5.75 Å². The summed E-state index contributed by atoms with van der Waals surface area (Å²) in [6, 6.07) is 19.0. The lowest BCUT2D eigenvalue weighted by molar-refractivity contribution is 0.222. The van der Waals surface area contributed by atoms with Crippen LogP contribution in [0.15, 0.2) is 78.6 Å². The predicted octanol–water partition coefficient (Wildman–Crippen LogP) is 6.28. The molecule has 3 aromatic carbocycles. The molecule has 5 nitrogen and oxygen atoms in total. The standard InChI is InChI=1S/C24H15Cl2FN4O/c25-13-9-10-19-16(11-13)21-20(23(32-19)14-5-1-3-7-17(14)26)22(15-6-2-4-8-18(15)27)31-24(30-21)28-12-29-31/h1-12,22-23H,(H,28,29,30)/t22-,23-/m1/s1. The Bertz CT molecular complexity index is 1400. The average Bonchev–Trinajstić information content (AvgIpc) is 3.27. The van der Waals surface area contributed by atoms with Gasteiger partial charge in [-0.1, -0.05) is 59.6 Å². The first-order valence-electron chi connectivity index (χ1n) is 9.98. The molecule has 0 saturated carbocycles. The number of anilines is 1. The van der Waals surface area contributed by atoms with E-state index in [1.807, 2.05) is 36.4 Å². The van der Waals surface area contributed by atoms with Crippen LogP contribution >= 0.6 is 23.2 Å². The number of ether oxygens (including phenoxy) is 1. The lowest BCUT2D eigenvalue weighted by Crippen LogP contribution is -2.33. The third kappa shape index (κ3) is 2.91. The van der Waals surface area contributed by atoms with Crippen molar-refractivity contribution < 1.29 is 9.13 Å². The summed E-state index contributed by atoms with van der Waals surface area (Å²) in [5.41, 5.74) is 3.53. The van der Waals surface area contributed by atoms with E-state index in [-0.39, 0.29) is 5.82 Å². The van der Waals surface area contributed by atoms with Crippen LogP contribution < -0.4 is 10.1 Å². The van der Waals surface area contributed by atoms with Gasteiger partial charge in [0, 0.05) is 32.3 Å². The summed E-state index contributed by atoms with van der Waals surface area (Å²) in [5, 5.41) is 8.88. The van der Waals surface area contributed by atoms with E-state index >= 15 is 4.39 Å². The maximum atomic E-state index is 15.1. The number of nitrogens with one attached hydrogen (secondary N) is 1. The zero-order chi connectivity index (χ0) is 21.8. The number of fused-ring (bicyclic) bond motifs is 3. The van der Waals surface area contributed by atoms with Gasteiger partial charge in [-0.05, 0) is 30.3 Å². The molecular weight excluding hydrogens is 450 g/mol. The summed E-state index contributed by atoms with van der Waals surface area (Å²) < 4.78 is 23.3. The predicted molar refractivity (Wildman–Crippen MR) is 121 cm³/mol. The molecule has 0 radical (unpaired) electrons. The molecule has 0 bridgehead atoms. The number of hydrogen-bond donors (Lipinski definition) is 1. The van der Waals surface area contributed by atoms with Crippen LogP contribution in [-0.2, 0) is 0 Å². The summed E-state index contributed by atoms with van der Waals surface area (Å²) in [6.45, 7) is 0. The van der Waals surface area contributed by atoms with E-state index in [4.69, 9.17) is 27.9 Å². The molecule has 32 heavy (non-hydrogen) atoms. The van der Waals surface area contributed by atoms with Gasteiger partial charge in [-0.15, -0.1) is 0 Å². The Morgan fingerprint density at radius 2 is 1.75 bits per heavy atom. The highest BCUT2D eigenvalue weighted by Gasteiger charge is 2.42. The van der Waals surface area contributed by atoms with E-state index in [0.29, 0.717) is 27.3 Å². The number of aromatic nitrogens is 3. The molecular formula is C24H15Cl2FN4O. The number of nitrogens with zero attached hydrogens (tertiary/aromatic N) is 3. The summed E-state index contributed by atoms with van der Waals surface area (Å²) in [5.74, 6) is 0.802. The Morgan fingerprint density at radius 1 is 0.969 bits per heavy atom. The van der Waals surface area contributed by atoms with Gasteiger partial charge in [0.25, 0.3) is 0 Å². The maximum absolute atomic E-state index is 15.1. The number of benzene rings is 3. The Morgan fingerprint density at radius 3 is 2.56 bits per heavy atom. The fourth-order valence-electron chi connectivity index (χ4n) is 4.38. The van der Waals surface area contributed by atoms with Crippen LogP contribution in [0, 0.1) is 5.82 Å². The molecule has 6 rings (SSSR count). The second-order valence-electron chi connectivity index (χ2n) is 7.57. The first kappa shape index (κ1) is 19.3. The minimum Gasteiger partial charge on any atom is -0.480 e. The van der Waals surface area contributed by atoms with Gasteiger partial charge in [0.2, 0.25) is 5.95 Å². The first-order chi connectivity index (χ1) is 15.6. The van der Waals surface area contributed by atoms with Crippen LogP contribution in [-0.4, -0.2) is 14.8 Å². The molecule has 2 aliphatic heterocycles. The number of halogens is 3. The molecule has 1 N–H and O–H groups in total. The van der Waals surface area contributed by atoms with E-state index in [1.54, 1.807) is 28.9 Å². The molecule has 0 amide bonds. The number of rotatable bonds is 2. The van der Waals surface area contributed by atoms with Gasteiger partial charge >= 0.3 is 0 Å². The zero-order valence-corrected chi connectivity index (χ0v) is 18.0. The summed E-state index contributed by atoms with van der Waals surface area (Å²) in [7, 11) is 0. The Kier molecular flexibility index (Phi) is 4.45. The molecule has 4 aromatic rings. The molecule has 0 unspecified atom stereocenters. The third-order valence-electron chi connectivity index (χ3n) is 5.76. The van der Waals surface area contributed by atoms with Crippen molar-refractivity contribution in [1.29, 1.82) is 0 Å². The lowest BCUT2D eigenvalue weighted by Gasteiger charge is -2.39. The minimum absolute atomic E-state index is 0.345. The van der Waals surface area contributed by atoms with Crippen LogP contribution in [0.3, 0.4) is 0 Å². The van der Waals surface area contributed by atoms with Gasteiger partial charge in [-0.3, -0.25) is 0 Å². The topological polar surface area (TPSA) is 52.0 Å². The fraction of sp³-hybridized carbons (Fsp3) is 0.0833. The van der Waals surface area contributed by atoms with Gasteiger partial charge in [0.15, 0.2) is 6.10 Å². The Labute approximate surface area is 193 Å². The van der Waals surface area contributed by atoms with E-state index < -0.39 is 12.1 Å². The summed E-state index contributed by atoms with van der Waals surface area (Å²) in [4.78, 5) is 4.35. The second kappa shape index (κ2) is 7.36. The van der Waals surface area contributed by atoms with E-state index in [0.717, 1.165) is 22.4 Å². The molecule has 1 aromatic heterocycles. The maximum Gasteiger partial charge on any atom is 0.226 e. The summed E-state index contributed by atoms with van der Waals surface area (Å²) >= 11 is 12.9. The van der Waals surface area contributed by atoms with E-state index in [9.17, 15) is 0 Å². The molecule has 0 spiro atoms. The molecule has 0 saturated heterocycles. The highest BCUT2D eigenvalue weighted by atomic mass is 35.5. The molecule has 3 heterocycles. The van der Waals surface area contributed by atoms with Crippen LogP contribution in [0.4, 0.5) is 10.3 Å². The minimum atomic E-state index is -0.599. The molecule has 2 atom stereocenters. The van der Waals surface area contributed by atoms with Crippen LogP contribution in [0.2, 0.25) is 10.0 Å². The van der Waals surface area contributed by atoms with Crippen LogP contribution in [0.1, 0.15) is 28.8 Å². The average molecular weight is 465 g/mol. The van der Waals surface area contributed by atoms with Gasteiger partial charge in [-0.2, -0.15) is 10.1 Å². The quantitative estimate of drug-likeness (QED) is 0.379. The smallest absolute Gasteiger partial charge is 0.226 e. The van der Waals surface area contributed by atoms with Gasteiger partial charge < -0.3 is 10.1 Å². The number of hydrogen-bond acceptors (Lipinski definition) is 4. The Hall–Kier alpha value is -3.35. The second-order valence-corrected chi connectivity index (χ2v) is 8.41. The highest BCUT2D eigenvalue weighted by molar-refractivity contribution is 6.31. The van der Waals surface area contributed by atoms with Crippen molar-refractivity contribution in [2.45, 2.75) is 12.1 Å². The SMILES string of the molecule is Fc1ccccc1[C@@H]1C2=C(Nc3ncnn31)c1cc(Cl)ccc1O[C@@H]2c1ccccc1Cl. The van der Waals surface area contributed by atoms with Gasteiger partial charge in [-0.25, -0.2) is 9.07 Å². The van der Waals surface area contributed by atoms with Crippen molar-refractivity contribution in [2.75, 3.05) is 5.32 Å². The molecule has 0 aliphatic carbocycles. The van der Waals surface area contributed by atoms with Crippen molar-refractivity contribution in [3.63, 3.8) is 0 Å². The monoisotopic (exact) mass is 464 g/mol.